The molecule has 6 nitrogen and oxygen atoms in total. The maximum atomic E-state index is 12.0. The van der Waals surface area contributed by atoms with Gasteiger partial charge in [-0.3, -0.25) is 4.79 Å². The summed E-state index contributed by atoms with van der Waals surface area (Å²) >= 11 is 0. The maximum absolute atomic E-state index is 12.0. The Balaban J connectivity index is 1.50. The lowest BCUT2D eigenvalue weighted by Gasteiger charge is -2.20. The predicted molar refractivity (Wildman–Crippen MR) is 120 cm³/mol. The van der Waals surface area contributed by atoms with E-state index in [9.17, 15) is 4.79 Å². The van der Waals surface area contributed by atoms with E-state index in [1.54, 1.807) is 7.11 Å². The Morgan fingerprint density at radius 3 is 2.67 bits per heavy atom. The molecule has 0 aliphatic heterocycles. The van der Waals surface area contributed by atoms with Crippen LogP contribution in [0.4, 0.5) is 0 Å². The number of aromatic amines is 1. The molecular formula is C24H31N3O3. The third kappa shape index (κ3) is 6.00. The summed E-state index contributed by atoms with van der Waals surface area (Å²) in [5, 5.41) is 7.63. The molecule has 160 valence electrons. The van der Waals surface area contributed by atoms with Gasteiger partial charge in [-0.2, -0.15) is 0 Å². The van der Waals surface area contributed by atoms with Crippen LogP contribution in [0.1, 0.15) is 31.9 Å². The molecule has 3 rings (SSSR count). The van der Waals surface area contributed by atoms with E-state index < -0.39 is 0 Å². The Morgan fingerprint density at radius 2 is 1.90 bits per heavy atom. The van der Waals surface area contributed by atoms with Gasteiger partial charge in [0.2, 0.25) is 0 Å². The van der Waals surface area contributed by atoms with Crippen molar-refractivity contribution >= 4 is 16.8 Å². The molecule has 1 amide bonds. The Hall–Kier alpha value is -2.99. The molecule has 2 aromatic carbocycles. The highest BCUT2D eigenvalue weighted by molar-refractivity contribution is 5.83. The van der Waals surface area contributed by atoms with Crippen LogP contribution in [0, 0.1) is 0 Å². The Kier molecular flexibility index (Phi) is 7.00. The van der Waals surface area contributed by atoms with Gasteiger partial charge >= 0.3 is 0 Å². The van der Waals surface area contributed by atoms with E-state index in [2.05, 4.69) is 40.0 Å². The minimum Gasteiger partial charge on any atom is -0.493 e. The zero-order valence-electron chi connectivity index (χ0n) is 18.2. The first-order valence-corrected chi connectivity index (χ1v) is 10.2. The Morgan fingerprint density at radius 1 is 1.10 bits per heavy atom. The molecule has 0 radical (unpaired) electrons. The van der Waals surface area contributed by atoms with E-state index in [4.69, 9.17) is 9.47 Å². The number of nitrogens with one attached hydrogen (secondary N) is 3. The number of hydrogen-bond donors (Lipinski definition) is 3. The minimum atomic E-state index is -0.285. The standard InChI is InChI=1S/C24H31N3O3/c1-24(2,3)27-23(28)16-30-21-10-9-17(13-22(21)29-4)14-25-12-11-18-15-26-20-8-6-5-7-19(18)20/h5-10,13,15,25-26H,11-12,14,16H2,1-4H3,(H,27,28). The number of methoxy groups -OCH3 is 1. The molecule has 1 heterocycles. The molecule has 0 saturated carbocycles. The number of rotatable bonds is 9. The van der Waals surface area contributed by atoms with Crippen molar-refractivity contribution in [2.24, 2.45) is 0 Å². The van der Waals surface area contributed by atoms with Crippen molar-refractivity contribution in [2.45, 2.75) is 39.3 Å². The van der Waals surface area contributed by atoms with Crippen LogP contribution >= 0.6 is 0 Å². The average molecular weight is 410 g/mol. The van der Waals surface area contributed by atoms with E-state index in [1.165, 1.54) is 16.5 Å². The quantitative estimate of drug-likeness (QED) is 0.470. The number of para-hydroxylation sites is 1. The zero-order chi connectivity index (χ0) is 21.6. The van der Waals surface area contributed by atoms with Crippen molar-refractivity contribution in [1.82, 2.24) is 15.6 Å². The lowest BCUT2D eigenvalue weighted by Crippen LogP contribution is -2.43. The summed E-state index contributed by atoms with van der Waals surface area (Å²) < 4.78 is 11.1. The number of aromatic nitrogens is 1. The predicted octanol–water partition coefficient (Wildman–Crippen LogP) is 3.80. The number of ether oxygens (including phenoxy) is 2. The van der Waals surface area contributed by atoms with Gasteiger partial charge < -0.3 is 25.1 Å². The number of carbonyl (C=O) groups is 1. The van der Waals surface area contributed by atoms with Gasteiger partial charge in [-0.15, -0.1) is 0 Å². The second-order valence-corrected chi connectivity index (χ2v) is 8.36. The summed E-state index contributed by atoms with van der Waals surface area (Å²) in [7, 11) is 1.60. The molecular weight excluding hydrogens is 378 g/mol. The molecule has 0 fully saturated rings. The first kappa shape index (κ1) is 21.7. The molecule has 0 saturated heterocycles. The smallest absolute Gasteiger partial charge is 0.258 e. The van der Waals surface area contributed by atoms with Crippen LogP contribution in [0.25, 0.3) is 10.9 Å². The summed E-state index contributed by atoms with van der Waals surface area (Å²) in [5.41, 5.74) is 3.29. The third-order valence-corrected chi connectivity index (χ3v) is 4.68. The fourth-order valence-corrected chi connectivity index (χ4v) is 3.33. The number of H-pyrrole nitrogens is 1. The zero-order valence-corrected chi connectivity index (χ0v) is 18.2. The second kappa shape index (κ2) is 9.67. The van der Waals surface area contributed by atoms with Gasteiger partial charge in [0.05, 0.1) is 7.11 Å². The molecule has 30 heavy (non-hydrogen) atoms. The number of hydrogen-bond acceptors (Lipinski definition) is 4. The molecule has 0 atom stereocenters. The SMILES string of the molecule is COc1cc(CNCCc2c[nH]c3ccccc23)ccc1OCC(=O)NC(C)(C)C. The molecule has 6 heteroatoms. The highest BCUT2D eigenvalue weighted by Gasteiger charge is 2.15. The molecule has 0 aliphatic carbocycles. The summed E-state index contributed by atoms with van der Waals surface area (Å²) in [4.78, 5) is 15.3. The fourth-order valence-electron chi connectivity index (χ4n) is 3.33. The first-order chi connectivity index (χ1) is 14.4. The van der Waals surface area contributed by atoms with Crippen LogP contribution in [0.5, 0.6) is 11.5 Å². The summed E-state index contributed by atoms with van der Waals surface area (Å²) in [6, 6.07) is 14.1. The molecule has 0 spiro atoms. The van der Waals surface area contributed by atoms with E-state index in [-0.39, 0.29) is 18.1 Å². The molecule has 3 aromatic rings. The summed E-state index contributed by atoms with van der Waals surface area (Å²) in [6.07, 6.45) is 3.03. The number of fused-ring (bicyclic) bond motifs is 1. The normalized spacial score (nSPS) is 11.5. The van der Waals surface area contributed by atoms with Gasteiger partial charge in [0, 0.05) is 29.2 Å². The van der Waals surface area contributed by atoms with Gasteiger partial charge in [0.15, 0.2) is 18.1 Å². The van der Waals surface area contributed by atoms with Crippen molar-refractivity contribution in [3.05, 3.63) is 59.8 Å². The van der Waals surface area contributed by atoms with E-state index >= 15 is 0 Å². The lowest BCUT2D eigenvalue weighted by atomic mass is 10.1. The second-order valence-electron chi connectivity index (χ2n) is 8.36. The molecule has 1 aromatic heterocycles. The van der Waals surface area contributed by atoms with Gasteiger partial charge in [0.25, 0.3) is 5.91 Å². The van der Waals surface area contributed by atoms with Crippen LogP contribution in [0.15, 0.2) is 48.7 Å². The fraction of sp³-hybridized carbons (Fsp3) is 0.375. The monoisotopic (exact) mass is 409 g/mol. The van der Waals surface area contributed by atoms with E-state index in [1.807, 2.05) is 45.0 Å². The topological polar surface area (TPSA) is 75.4 Å². The van der Waals surface area contributed by atoms with Gasteiger partial charge in [-0.05, 0) is 63.1 Å². The molecule has 0 bridgehead atoms. The highest BCUT2D eigenvalue weighted by Crippen LogP contribution is 2.28. The van der Waals surface area contributed by atoms with Crippen molar-refractivity contribution in [2.75, 3.05) is 20.3 Å². The van der Waals surface area contributed by atoms with Crippen LogP contribution in [0.3, 0.4) is 0 Å². The van der Waals surface area contributed by atoms with Gasteiger partial charge in [-0.25, -0.2) is 0 Å². The number of benzene rings is 2. The van der Waals surface area contributed by atoms with Crippen molar-refractivity contribution < 1.29 is 14.3 Å². The van der Waals surface area contributed by atoms with Gasteiger partial charge in [0.1, 0.15) is 0 Å². The minimum absolute atomic E-state index is 0.0458. The van der Waals surface area contributed by atoms with Crippen molar-refractivity contribution in [3.8, 4) is 11.5 Å². The van der Waals surface area contributed by atoms with Crippen LogP contribution in [-0.4, -0.2) is 36.7 Å². The third-order valence-electron chi connectivity index (χ3n) is 4.68. The summed E-state index contributed by atoms with van der Waals surface area (Å²) in [5.74, 6) is 1.02. The van der Waals surface area contributed by atoms with E-state index in [0.29, 0.717) is 11.5 Å². The molecule has 0 aliphatic rings. The van der Waals surface area contributed by atoms with Crippen LogP contribution in [-0.2, 0) is 17.8 Å². The van der Waals surface area contributed by atoms with Crippen molar-refractivity contribution in [3.63, 3.8) is 0 Å². The van der Waals surface area contributed by atoms with E-state index in [0.717, 1.165) is 25.1 Å². The molecule has 3 N–H and O–H groups in total. The van der Waals surface area contributed by atoms with Crippen LogP contribution < -0.4 is 20.1 Å². The van der Waals surface area contributed by atoms with Crippen LogP contribution in [0.2, 0.25) is 0 Å². The number of amides is 1. The van der Waals surface area contributed by atoms with Gasteiger partial charge in [-0.1, -0.05) is 24.3 Å². The largest absolute Gasteiger partial charge is 0.493 e. The summed E-state index contributed by atoms with van der Waals surface area (Å²) in [6.45, 7) is 7.36. The average Bonchev–Trinajstić information content (AvgIpc) is 3.12. The highest BCUT2D eigenvalue weighted by atomic mass is 16.5. The molecule has 0 unspecified atom stereocenters. The lowest BCUT2D eigenvalue weighted by molar-refractivity contribution is -0.124. The number of carbonyl (C=O) groups excluding carboxylic acids is 1. The Labute approximate surface area is 178 Å². The Bertz CT molecular complexity index is 989. The maximum Gasteiger partial charge on any atom is 0.258 e. The van der Waals surface area contributed by atoms with Crippen molar-refractivity contribution in [1.29, 1.82) is 0 Å². The first-order valence-electron chi connectivity index (χ1n) is 10.2.